The average molecular weight is 395 g/mol. The lowest BCUT2D eigenvalue weighted by Crippen LogP contribution is -2.36. The second-order valence-electron chi connectivity index (χ2n) is 6.82. The number of nitrogens with zero attached hydrogens (tertiary/aromatic N) is 4. The summed E-state index contributed by atoms with van der Waals surface area (Å²) in [5.41, 5.74) is 2.08. The molecule has 0 radical (unpaired) electrons. The van der Waals surface area contributed by atoms with Crippen LogP contribution in [0.1, 0.15) is 34.1 Å². The molecule has 1 saturated heterocycles. The monoisotopic (exact) mass is 394 g/mol. The highest BCUT2D eigenvalue weighted by Gasteiger charge is 2.33. The molecule has 4 rings (SSSR count). The van der Waals surface area contributed by atoms with E-state index in [4.69, 9.17) is 21.1 Å². The van der Waals surface area contributed by atoms with Crippen LogP contribution in [0, 0.1) is 12.7 Å². The van der Waals surface area contributed by atoms with Gasteiger partial charge in [-0.25, -0.2) is 9.07 Å². The first-order valence-corrected chi connectivity index (χ1v) is 9.20. The predicted octanol–water partition coefficient (Wildman–Crippen LogP) is 2.56. The number of benzene rings is 1. The summed E-state index contributed by atoms with van der Waals surface area (Å²) in [4.78, 5) is 14.7. The van der Waals surface area contributed by atoms with Crippen LogP contribution in [0.5, 0.6) is 0 Å². The third-order valence-electron chi connectivity index (χ3n) is 5.27. The Morgan fingerprint density at radius 1 is 1.44 bits per heavy atom. The Balaban J connectivity index is 1.65. The molecular formula is C18H20ClFN4O3. The van der Waals surface area contributed by atoms with Crippen molar-refractivity contribution in [3.63, 3.8) is 0 Å². The summed E-state index contributed by atoms with van der Waals surface area (Å²) in [5.74, 6) is -0.658. The first-order chi connectivity index (χ1) is 13.0. The summed E-state index contributed by atoms with van der Waals surface area (Å²) in [5, 5.41) is 8.36. The van der Waals surface area contributed by atoms with Gasteiger partial charge in [0.05, 0.1) is 30.1 Å². The van der Waals surface area contributed by atoms with Crippen molar-refractivity contribution in [1.29, 1.82) is 0 Å². The number of hydrogen-bond acceptors (Lipinski definition) is 5. The molecule has 0 bridgehead atoms. The van der Waals surface area contributed by atoms with Crippen molar-refractivity contribution >= 4 is 23.2 Å². The molecule has 3 heterocycles. The van der Waals surface area contributed by atoms with E-state index < -0.39 is 0 Å². The first kappa shape index (κ1) is 18.3. The molecule has 7 nitrogen and oxygen atoms in total. The van der Waals surface area contributed by atoms with E-state index in [-0.39, 0.29) is 34.6 Å². The van der Waals surface area contributed by atoms with E-state index in [2.05, 4.69) is 10.3 Å². The maximum Gasteiger partial charge on any atom is 0.280 e. The summed E-state index contributed by atoms with van der Waals surface area (Å²) in [6, 6.07) is 1.13. The van der Waals surface area contributed by atoms with E-state index in [9.17, 15) is 9.18 Å². The van der Waals surface area contributed by atoms with E-state index in [1.54, 1.807) is 29.8 Å². The van der Waals surface area contributed by atoms with Crippen molar-refractivity contribution in [1.82, 2.24) is 15.0 Å². The van der Waals surface area contributed by atoms with Crippen molar-refractivity contribution in [3.05, 3.63) is 39.9 Å². The molecule has 0 saturated carbocycles. The topological polar surface area (TPSA) is 69.5 Å². The Hall–Kier alpha value is -2.03. The predicted molar refractivity (Wildman–Crippen MR) is 96.8 cm³/mol. The minimum Gasteiger partial charge on any atom is -0.377 e. The molecule has 1 fully saturated rings. The van der Waals surface area contributed by atoms with E-state index in [0.717, 1.165) is 12.0 Å². The van der Waals surface area contributed by atoms with Crippen molar-refractivity contribution < 1.29 is 18.7 Å². The van der Waals surface area contributed by atoms with Crippen LogP contribution >= 0.6 is 11.6 Å². The lowest BCUT2D eigenvalue weighted by atomic mass is 9.96. The summed E-state index contributed by atoms with van der Waals surface area (Å²) >= 11 is 6.28. The molecule has 0 aliphatic carbocycles. The van der Waals surface area contributed by atoms with Gasteiger partial charge < -0.3 is 14.4 Å². The molecule has 2 aliphatic rings. The third kappa shape index (κ3) is 3.11. The maximum absolute atomic E-state index is 14.0. The molecule has 1 amide bonds. The van der Waals surface area contributed by atoms with Crippen LogP contribution in [-0.2, 0) is 15.9 Å². The molecule has 9 heteroatoms. The van der Waals surface area contributed by atoms with Crippen LogP contribution in [0.4, 0.5) is 10.1 Å². The SMILES string of the molecule is CO[C@@H]1COC[C@H]1n1cc(C(=O)N2CCCc3c(C)c(F)cc(Cl)c32)nn1. The zero-order valence-electron chi connectivity index (χ0n) is 15.1. The minimum atomic E-state index is -0.356. The number of aromatic nitrogens is 3. The van der Waals surface area contributed by atoms with Crippen molar-refractivity contribution in [2.24, 2.45) is 0 Å². The molecule has 0 N–H and O–H groups in total. The molecule has 2 aliphatic heterocycles. The molecule has 2 aromatic rings. The highest BCUT2D eigenvalue weighted by atomic mass is 35.5. The van der Waals surface area contributed by atoms with Gasteiger partial charge in [-0.15, -0.1) is 5.10 Å². The number of rotatable bonds is 3. The van der Waals surface area contributed by atoms with Crippen LogP contribution in [0.3, 0.4) is 0 Å². The van der Waals surface area contributed by atoms with Gasteiger partial charge in [-0.3, -0.25) is 4.79 Å². The molecular weight excluding hydrogens is 375 g/mol. The van der Waals surface area contributed by atoms with Gasteiger partial charge in [0.25, 0.3) is 5.91 Å². The van der Waals surface area contributed by atoms with Gasteiger partial charge in [0, 0.05) is 13.7 Å². The minimum absolute atomic E-state index is 0.127. The Morgan fingerprint density at radius 3 is 3.04 bits per heavy atom. The number of hydrogen-bond donors (Lipinski definition) is 0. The van der Waals surface area contributed by atoms with E-state index >= 15 is 0 Å². The summed E-state index contributed by atoms with van der Waals surface area (Å²) in [7, 11) is 1.61. The second-order valence-corrected chi connectivity index (χ2v) is 7.22. The second kappa shape index (κ2) is 7.18. The van der Waals surface area contributed by atoms with Gasteiger partial charge >= 0.3 is 0 Å². The zero-order chi connectivity index (χ0) is 19.1. The Morgan fingerprint density at radius 2 is 2.26 bits per heavy atom. The van der Waals surface area contributed by atoms with Crippen molar-refractivity contribution in [3.8, 4) is 0 Å². The third-order valence-corrected chi connectivity index (χ3v) is 5.56. The van der Waals surface area contributed by atoms with Gasteiger partial charge in [0.15, 0.2) is 5.69 Å². The number of carbonyl (C=O) groups is 1. The van der Waals surface area contributed by atoms with E-state index in [1.165, 1.54) is 6.07 Å². The van der Waals surface area contributed by atoms with Gasteiger partial charge in [-0.05, 0) is 37.0 Å². The molecule has 27 heavy (non-hydrogen) atoms. The quantitative estimate of drug-likeness (QED) is 0.800. The first-order valence-electron chi connectivity index (χ1n) is 8.83. The normalized spacial score (nSPS) is 22.1. The molecule has 144 valence electrons. The standard InChI is InChI=1S/C18H20ClFN4O3/c1-10-11-4-3-5-23(17(11)12(19)6-13(10)20)18(25)14-7-24(22-21-14)15-8-27-9-16(15)26-2/h6-7,15-16H,3-5,8-9H2,1-2H3/t15-,16-/m1/s1. The van der Waals surface area contributed by atoms with Gasteiger partial charge in [-0.1, -0.05) is 16.8 Å². The summed E-state index contributed by atoms with van der Waals surface area (Å²) < 4.78 is 26.5. The number of fused-ring (bicyclic) bond motifs is 1. The average Bonchev–Trinajstić information content (AvgIpc) is 3.33. The van der Waals surface area contributed by atoms with Crippen molar-refractivity contribution in [2.45, 2.75) is 31.9 Å². The van der Waals surface area contributed by atoms with Crippen LogP contribution in [-0.4, -0.2) is 53.9 Å². The van der Waals surface area contributed by atoms with Crippen LogP contribution in [0.25, 0.3) is 0 Å². The number of ether oxygens (including phenoxy) is 2. The lowest BCUT2D eigenvalue weighted by Gasteiger charge is -2.31. The van der Waals surface area contributed by atoms with Gasteiger partial charge in [0.2, 0.25) is 0 Å². The Labute approximate surface area is 161 Å². The fourth-order valence-corrected chi connectivity index (χ4v) is 4.06. The Kier molecular flexibility index (Phi) is 4.88. The number of amides is 1. The number of methoxy groups -OCH3 is 1. The van der Waals surface area contributed by atoms with Crippen LogP contribution in [0.15, 0.2) is 12.3 Å². The fraction of sp³-hybridized carbons (Fsp3) is 0.500. The van der Waals surface area contributed by atoms with Gasteiger partial charge in [-0.2, -0.15) is 0 Å². The number of anilines is 1. The molecule has 0 spiro atoms. The summed E-state index contributed by atoms with van der Waals surface area (Å²) in [6.07, 6.45) is 2.89. The van der Waals surface area contributed by atoms with E-state index in [0.29, 0.717) is 37.4 Å². The molecule has 2 atom stereocenters. The lowest BCUT2D eigenvalue weighted by molar-refractivity contribution is 0.0661. The number of carbonyl (C=O) groups excluding carboxylic acids is 1. The van der Waals surface area contributed by atoms with Gasteiger partial charge in [0.1, 0.15) is 18.0 Å². The largest absolute Gasteiger partial charge is 0.377 e. The highest BCUT2D eigenvalue weighted by molar-refractivity contribution is 6.34. The molecule has 0 unspecified atom stereocenters. The fourth-order valence-electron chi connectivity index (χ4n) is 3.75. The number of halogens is 2. The van der Waals surface area contributed by atoms with Crippen molar-refractivity contribution in [2.75, 3.05) is 31.8 Å². The zero-order valence-corrected chi connectivity index (χ0v) is 15.9. The Bertz CT molecular complexity index is 888. The smallest absolute Gasteiger partial charge is 0.280 e. The molecule has 1 aromatic heterocycles. The van der Waals surface area contributed by atoms with E-state index in [1.807, 2.05) is 0 Å². The summed E-state index contributed by atoms with van der Waals surface area (Å²) in [6.45, 7) is 3.13. The maximum atomic E-state index is 14.0. The van der Waals surface area contributed by atoms with Crippen LogP contribution in [0.2, 0.25) is 5.02 Å². The molecule has 1 aromatic carbocycles. The highest BCUT2D eigenvalue weighted by Crippen LogP contribution is 2.38. The van der Waals surface area contributed by atoms with Crippen LogP contribution < -0.4 is 4.90 Å².